The molecule has 11 atom stereocenters. The second-order valence-corrected chi connectivity index (χ2v) is 38.7. The molecule has 7 aliphatic rings. The number of nitrogens with one attached hydrogen (secondary N) is 6. The van der Waals surface area contributed by atoms with Gasteiger partial charge in [-0.1, -0.05) is 75.4 Å². The molecule has 0 aromatic heterocycles. The van der Waals surface area contributed by atoms with E-state index < -0.39 is 105 Å². The van der Waals surface area contributed by atoms with Crippen LogP contribution in [0.2, 0.25) is 0 Å². The average molecular weight is 1990 g/mol. The van der Waals surface area contributed by atoms with Crippen molar-refractivity contribution in [2.75, 3.05) is 75.0 Å². The number of carbonyl (C=O) groups is 8. The van der Waals surface area contributed by atoms with Crippen LogP contribution >= 0.6 is 12.4 Å². The number of nitriles is 3. The maximum Gasteiger partial charge on any atom is 1.00 e. The van der Waals surface area contributed by atoms with E-state index in [-0.39, 0.29) is 233 Å². The first kappa shape index (κ1) is 123. The van der Waals surface area contributed by atoms with E-state index in [1.165, 1.54) is 66.5 Å². The molecule has 728 valence electrons. The molecule has 32 nitrogen and oxygen atoms in total. The number of rotatable bonds is 24. The zero-order chi connectivity index (χ0) is 97.7. The average Bonchev–Trinajstić information content (AvgIpc) is 1.05. The number of nitrogens with zero attached hydrogens (tertiary/aromatic N) is 6. The van der Waals surface area contributed by atoms with Crippen molar-refractivity contribution < 1.29 is 239 Å². The smallest absolute Gasteiger partial charge is 1.00 e. The van der Waals surface area contributed by atoms with Crippen molar-refractivity contribution in [3.8, 4) is 18.2 Å². The fraction of sp³-hybridized carbons (Fsp3) is 0.510. The fourth-order valence-electron chi connectivity index (χ4n) is 14.8. The Morgan fingerprint density at radius 1 is 0.537 bits per heavy atom. The zero-order valence-electron chi connectivity index (χ0n) is 82.6. The number of benzene rings is 6. The van der Waals surface area contributed by atoms with Crippen LogP contribution in [0.3, 0.4) is 0 Å². The summed E-state index contributed by atoms with van der Waals surface area (Å²) in [6.45, 7) is 27.6. The largest absolute Gasteiger partial charge is 1.00 e. The van der Waals surface area contributed by atoms with Crippen LogP contribution in [-0.4, -0.2) is 193 Å². The van der Waals surface area contributed by atoms with Gasteiger partial charge in [-0.2, -0.15) is 24.2 Å². The topological polar surface area (TPSA) is 480 Å². The van der Waals surface area contributed by atoms with Crippen molar-refractivity contribution in [2.24, 2.45) is 35.5 Å². The Balaban J connectivity index is 0.000000855. The monoisotopic (exact) mass is 1990 g/mol. The number of carboxylic acids is 2. The van der Waals surface area contributed by atoms with E-state index in [9.17, 15) is 70.8 Å². The molecule has 11 N–H and O–H groups in total. The number of aliphatic hydroxyl groups is 1. The first-order chi connectivity index (χ1) is 62.1. The number of likely N-dealkylation sites (tertiary alicyclic amines) is 3. The van der Waals surface area contributed by atoms with Gasteiger partial charge in [-0.05, 0) is 295 Å². The van der Waals surface area contributed by atoms with Crippen LogP contribution in [0.15, 0.2) is 127 Å². The molecule has 7 fully saturated rings. The maximum absolute atomic E-state index is 14.9. The van der Waals surface area contributed by atoms with E-state index >= 15 is 0 Å². The molecule has 5 amide bonds. The summed E-state index contributed by atoms with van der Waals surface area (Å²) >= 11 is 0. The van der Waals surface area contributed by atoms with E-state index in [4.69, 9.17) is 45.5 Å². The molecule has 0 radical (unpaired) electrons. The standard InChI is InChI=1S/C29H35FN4O3.C24H27FN4O.C18H18FN3.C11H19NO4.C10H17NO5.C3H8O3S.CH2O3.ClH.2K.Na.2H/c1-18-12-25(34(17-18)28(36)37-29(2,3)4)27(35)33-24-14-22(10-11-23(24)30)26(32-16-19-8-9-19)21-7-5-6-20(13-21)15-31;1-15-9-22(27-13-15)24(30)29-21-11-19(7-8-20(21)25)23(28-14-16-5-6-16)18-4-2-3-17(10-18)12-26;19-16-7-6-15(9-17(16)21)18(22-11-12-4-5-12)14-3-1-2-13(8-14)10-20;1-7-5-8(9(13)14)12(6-7)10(15)16-11(2,3)4;1-10(2,3)16-9(15)11-5-6(12)4-7(11)8(13)14;1-3-6-7(2,4)5;2-1-4-3;;;;;;/h5-7,10-11,13-14,18-19,25-26,32H,8-9,12,16-17H2,1-4H3,(H,33,35);2-4,7-8,10-11,15-16,22-23,27-28H,5-6,9,13-14H2,1H3,(H,29,30);1-3,6-9,12,18,22H,4-5,11,21H2;7-8H,5-6H2,1-4H3,(H,13,14);6-7,12H,4-5H2,1-3H3,(H,13,14);3H2,1-2H3;1,3H;1H;;;;;/q;;;;;;;;3*+1;2*-1/p-1/t18-,25-,26-;15-,22-,23-;18-;7-,8-;6-,7-;;;;;;;;/m11111......../s1. The van der Waals surface area contributed by atoms with Crippen molar-refractivity contribution in [2.45, 2.75) is 219 Å². The Morgan fingerprint density at radius 3 is 1.18 bits per heavy atom. The van der Waals surface area contributed by atoms with E-state index in [0.29, 0.717) is 60.4 Å². The molecule has 6 aromatic rings. The number of carbonyl (C=O) groups excluding carboxylic acids is 6. The summed E-state index contributed by atoms with van der Waals surface area (Å²) in [4.78, 5) is 98.9. The van der Waals surface area contributed by atoms with Crippen molar-refractivity contribution in [3.05, 3.63) is 195 Å². The predicted octanol–water partition coefficient (Wildman–Crippen LogP) is 4.70. The summed E-state index contributed by atoms with van der Waals surface area (Å²) < 4.78 is 82.8. The molecule has 0 bridgehead atoms. The molecular formula is C96H128ClF3K2N13NaO19S. The molecule has 6 aromatic carbocycles. The van der Waals surface area contributed by atoms with Crippen LogP contribution < -0.4 is 175 Å². The Kier molecular flexibility index (Phi) is 52.6. The van der Waals surface area contributed by atoms with Crippen LogP contribution in [0.25, 0.3) is 0 Å². The number of anilines is 3. The van der Waals surface area contributed by atoms with Crippen LogP contribution in [0.5, 0.6) is 0 Å². The van der Waals surface area contributed by atoms with Gasteiger partial charge >= 0.3 is 163 Å². The molecule has 4 saturated heterocycles. The minimum Gasteiger partial charge on any atom is -1.00 e. The summed E-state index contributed by atoms with van der Waals surface area (Å²) in [5.41, 5.74) is 11.3. The van der Waals surface area contributed by atoms with Crippen molar-refractivity contribution in [1.29, 1.82) is 15.8 Å². The van der Waals surface area contributed by atoms with Gasteiger partial charge in [-0.3, -0.25) is 33.3 Å². The van der Waals surface area contributed by atoms with Gasteiger partial charge in [-0.25, -0.2) is 37.1 Å². The Labute approximate surface area is 911 Å². The minimum atomic E-state index is -3.17. The molecule has 40 heteroatoms. The van der Waals surface area contributed by atoms with E-state index in [1.807, 2.05) is 68.4 Å². The van der Waals surface area contributed by atoms with Crippen molar-refractivity contribution in [1.82, 2.24) is 36.0 Å². The Morgan fingerprint density at radius 2 is 0.868 bits per heavy atom. The third-order valence-corrected chi connectivity index (χ3v) is 22.2. The fourth-order valence-corrected chi connectivity index (χ4v) is 15.2. The summed E-state index contributed by atoms with van der Waals surface area (Å²) in [5.74, 6) is -1.40. The second-order valence-electron chi connectivity index (χ2n) is 37.1. The maximum atomic E-state index is 14.9. The van der Waals surface area contributed by atoms with Gasteiger partial charge in [0.05, 0.1) is 102 Å². The summed E-state index contributed by atoms with van der Waals surface area (Å²) in [6, 6.07) is 39.8. The number of aliphatic carboxylic acids is 2. The van der Waals surface area contributed by atoms with Gasteiger partial charge in [0.25, 0.3) is 16.6 Å². The molecule has 3 saturated carbocycles. The van der Waals surface area contributed by atoms with Gasteiger partial charge in [-0.15, -0.1) is 12.4 Å². The van der Waals surface area contributed by atoms with Gasteiger partial charge in [0.1, 0.15) is 52.4 Å². The number of ether oxygens (including phenoxy) is 3. The summed E-state index contributed by atoms with van der Waals surface area (Å²) in [6.07, 6.45) is 7.51. The molecule has 3 aliphatic carbocycles. The van der Waals surface area contributed by atoms with Crippen LogP contribution in [-0.2, 0) is 57.4 Å². The van der Waals surface area contributed by atoms with Crippen LogP contribution in [0, 0.1) is 87.0 Å². The number of β-amino-alcohol motifs (C(OH)–C–C–N with tert-alkyl or cyclic N) is 1. The minimum absolute atomic E-state index is 0. The van der Waals surface area contributed by atoms with Gasteiger partial charge < -0.3 is 80.2 Å². The number of aliphatic hydroxyl groups excluding tert-OH is 1. The third kappa shape index (κ3) is 42.7. The van der Waals surface area contributed by atoms with E-state index in [0.717, 1.165) is 83.1 Å². The van der Waals surface area contributed by atoms with E-state index in [1.54, 1.807) is 124 Å². The van der Waals surface area contributed by atoms with Gasteiger partial charge in [0.15, 0.2) is 0 Å². The normalized spacial score (nSPS) is 19.6. The molecule has 136 heavy (non-hydrogen) atoms. The van der Waals surface area contributed by atoms with Crippen molar-refractivity contribution >= 4 is 88.1 Å². The van der Waals surface area contributed by atoms with Crippen LogP contribution in [0.1, 0.15) is 225 Å². The molecule has 4 aliphatic heterocycles. The Bertz CT molecular complexity index is 5160. The number of halogens is 4. The van der Waals surface area contributed by atoms with Crippen molar-refractivity contribution in [3.63, 3.8) is 0 Å². The number of carboxylic acid groups (broad SMARTS) is 2. The van der Waals surface area contributed by atoms with Crippen LogP contribution in [0.4, 0.5) is 44.6 Å². The number of hydrogen-bond acceptors (Lipinski definition) is 25. The predicted molar refractivity (Wildman–Crippen MR) is 494 cm³/mol. The zero-order valence-corrected chi connectivity index (χ0v) is 90.5. The molecular weight excluding hydrogens is 1860 g/mol. The number of amides is 5. The molecule has 0 spiro atoms. The second kappa shape index (κ2) is 58.2. The SMILES string of the molecule is CC(C)(C)OC(=O)N1C[C@H](O)C[C@@H]1C(=O)O.CCOS(C)(=O)=O.C[C@@H]1C[C@H](C(=O)Nc2cc([C@H](NCC3CC3)c3cccc(C#N)c3)ccc2F)N(C(=O)OC(C)(C)C)C1.C[C@@H]1C[C@H](C(=O)O)N(C(=O)OC(C)(C)C)C1.C[C@H]1CN[C@@H](C(=O)Nc2cc([C@H](NCC3CC3)c3cccc(C#N)c3)ccc2F)C1.Cl.N#Cc1cccc([C@@H](NCC2CC2)c2ccc(F)c(N)c2)c1.O=CO[O-].[H-].[H-].[K+].[K+].[Na+]. The number of nitrogens with two attached hydrogens (primary N) is 1. The third-order valence-electron chi connectivity index (χ3n) is 21.6. The van der Waals surface area contributed by atoms with E-state index in [2.05, 4.69) is 66.1 Å². The number of hydrogen-bond donors (Lipinski definition) is 10. The molecule has 4 heterocycles. The summed E-state index contributed by atoms with van der Waals surface area (Å²) in [7, 11) is -3.17. The Hall–Kier alpha value is -7.23. The first-order valence-corrected chi connectivity index (χ1v) is 45.8. The molecule has 13 rings (SSSR count). The van der Waals surface area contributed by atoms with Gasteiger partial charge in [0, 0.05) is 19.5 Å². The van der Waals surface area contributed by atoms with Gasteiger partial charge in [0.2, 0.25) is 11.8 Å². The first-order valence-electron chi connectivity index (χ1n) is 44.0. The molecule has 0 unspecified atom stereocenters. The summed E-state index contributed by atoms with van der Waals surface area (Å²) in [5, 5.41) is 82.7. The number of nitrogen functional groups attached to an aromatic ring is 1. The quantitative estimate of drug-likeness (QED) is 0.00747.